The summed E-state index contributed by atoms with van der Waals surface area (Å²) in [6.07, 6.45) is 0.410. The quantitative estimate of drug-likeness (QED) is 0.136. The Kier molecular flexibility index (Phi) is 9.82. The van der Waals surface area contributed by atoms with Gasteiger partial charge in [0.25, 0.3) is 5.91 Å². The molecule has 3 amide bonds. The van der Waals surface area contributed by atoms with E-state index in [4.69, 9.17) is 15.6 Å². The number of carboxylic acids is 2. The van der Waals surface area contributed by atoms with E-state index < -0.39 is 30.1 Å². The minimum Gasteiger partial charge on any atom is -0.542 e. The molecule has 1 aromatic carbocycles. The van der Waals surface area contributed by atoms with Crippen molar-refractivity contribution in [2.24, 2.45) is 5.73 Å². The first kappa shape index (κ1) is 33.0. The average Bonchev–Trinajstić information content (AvgIpc) is 3.32. The highest BCUT2D eigenvalue weighted by atomic mass is 32.2. The topological polar surface area (TPSA) is 197 Å². The molecule has 2 saturated heterocycles. The van der Waals surface area contributed by atoms with Gasteiger partial charge in [0.05, 0.1) is 0 Å². The van der Waals surface area contributed by atoms with Crippen LogP contribution in [-0.4, -0.2) is 79.6 Å². The Balaban J connectivity index is 0.000000591. The van der Waals surface area contributed by atoms with E-state index in [1.807, 2.05) is 12.1 Å². The van der Waals surface area contributed by atoms with E-state index in [2.05, 4.69) is 5.32 Å². The molecule has 5 rings (SSSR count). The summed E-state index contributed by atoms with van der Waals surface area (Å²) in [5, 5.41) is 30.2. The molecule has 0 aliphatic carbocycles. The summed E-state index contributed by atoms with van der Waals surface area (Å²) in [5.41, 5.74) is 8.12. The van der Waals surface area contributed by atoms with Crippen molar-refractivity contribution in [3.63, 3.8) is 0 Å². The zero-order valence-corrected chi connectivity index (χ0v) is 24.0. The number of thioether (sulfide) groups is 1. The van der Waals surface area contributed by atoms with Crippen LogP contribution in [0, 0.1) is 0 Å². The third-order valence-electron chi connectivity index (χ3n) is 6.85. The number of fused-ring (bicyclic) bond motifs is 1. The van der Waals surface area contributed by atoms with Crippen molar-refractivity contribution in [1.82, 2.24) is 9.80 Å². The van der Waals surface area contributed by atoms with Crippen LogP contribution in [0.25, 0.3) is 0 Å². The van der Waals surface area contributed by atoms with Crippen molar-refractivity contribution in [2.45, 2.75) is 37.1 Å². The first-order valence-corrected chi connectivity index (χ1v) is 14.2. The minimum atomic E-state index is -5.19. The summed E-state index contributed by atoms with van der Waals surface area (Å²) in [7, 11) is 0. The van der Waals surface area contributed by atoms with Gasteiger partial charge < -0.3 is 36.1 Å². The average molecular weight is 650 g/mol. The summed E-state index contributed by atoms with van der Waals surface area (Å²) in [4.78, 5) is 61.1. The molecule has 3 aliphatic heterocycles. The Labute approximate surface area is 257 Å². The number of carbonyl (C=O) groups is 5. The van der Waals surface area contributed by atoms with Crippen LogP contribution < -0.4 is 20.7 Å². The first-order chi connectivity index (χ1) is 21.1. The number of aliphatic carboxylic acids is 2. The van der Waals surface area contributed by atoms with Gasteiger partial charge in [0.2, 0.25) is 18.4 Å². The van der Waals surface area contributed by atoms with Crippen LogP contribution in [-0.2, 0) is 37.1 Å². The molecule has 2 aromatic rings. The summed E-state index contributed by atoms with van der Waals surface area (Å²) < 4.78 is 33.3. The maximum atomic E-state index is 13.0. The van der Waals surface area contributed by atoms with Crippen LogP contribution in [0.5, 0.6) is 5.75 Å². The van der Waals surface area contributed by atoms with Gasteiger partial charge in [-0.2, -0.15) is 17.7 Å². The lowest BCUT2D eigenvalue weighted by molar-refractivity contribution is -0.684. The molecule has 1 aromatic heterocycles. The van der Waals surface area contributed by atoms with Crippen LogP contribution in [0.3, 0.4) is 0 Å². The van der Waals surface area contributed by atoms with Gasteiger partial charge in [0.1, 0.15) is 28.8 Å². The highest BCUT2D eigenvalue weighted by molar-refractivity contribution is 8.00. The third-order valence-corrected chi connectivity index (χ3v) is 8.17. The number of allylic oxidation sites excluding steroid dienone is 1. The summed E-state index contributed by atoms with van der Waals surface area (Å²) >= 11 is 1.40. The number of pyridine rings is 1. The predicted octanol–water partition coefficient (Wildman–Crippen LogP) is -0.143. The van der Waals surface area contributed by atoms with Gasteiger partial charge in [-0.3, -0.25) is 19.3 Å². The molecule has 0 radical (unpaired) electrons. The predicted molar refractivity (Wildman–Crippen MR) is 148 cm³/mol. The second kappa shape index (κ2) is 13.4. The van der Waals surface area contributed by atoms with Crippen LogP contribution in [0.15, 0.2) is 71.7 Å². The van der Waals surface area contributed by atoms with E-state index in [0.29, 0.717) is 42.1 Å². The number of amides is 3. The van der Waals surface area contributed by atoms with Crippen LogP contribution in [0.4, 0.5) is 18.9 Å². The van der Waals surface area contributed by atoms with E-state index in [1.165, 1.54) is 28.8 Å². The number of β-lactam (4-membered cyclic amide) rings is 1. The molecule has 2 fully saturated rings. The number of hydrogen-bond donors (Lipinski definition) is 4. The van der Waals surface area contributed by atoms with E-state index in [1.54, 1.807) is 40.1 Å². The number of nitrogens with zero attached hydrogens (tertiary/aromatic N) is 3. The lowest BCUT2D eigenvalue weighted by Gasteiger charge is -2.47. The van der Waals surface area contributed by atoms with E-state index in [9.17, 15) is 42.6 Å². The fourth-order valence-corrected chi connectivity index (χ4v) is 5.90. The number of phenolic OH excluding ortho intramolecular Hbond substituents is 1. The van der Waals surface area contributed by atoms with Gasteiger partial charge in [-0.05, 0) is 47.9 Å². The molecule has 5 N–H and O–H groups in total. The van der Waals surface area contributed by atoms with Crippen molar-refractivity contribution in [3.05, 3.63) is 77.3 Å². The molecule has 238 valence electrons. The fourth-order valence-electron chi connectivity index (χ4n) is 4.64. The molecule has 4 heterocycles. The maximum Gasteiger partial charge on any atom is 0.430 e. The summed E-state index contributed by atoms with van der Waals surface area (Å²) in [5.74, 6) is -4.55. The molecule has 17 heteroatoms. The van der Waals surface area contributed by atoms with Gasteiger partial charge in [0.15, 0.2) is 12.4 Å². The van der Waals surface area contributed by atoms with Crippen molar-refractivity contribution in [2.75, 3.05) is 17.6 Å². The number of rotatable bonds is 7. The Bertz CT molecular complexity index is 1580. The number of nitrogens with two attached hydrogens (primary N) is 1. The number of likely N-dealkylation sites (tertiary alicyclic amines) is 1. The molecule has 13 nitrogen and oxygen atoms in total. The van der Waals surface area contributed by atoms with Gasteiger partial charge in [0, 0.05) is 42.2 Å². The smallest absolute Gasteiger partial charge is 0.430 e. The maximum absolute atomic E-state index is 13.0. The number of alkyl halides is 3. The highest BCUT2D eigenvalue weighted by Gasteiger charge is 2.51. The minimum absolute atomic E-state index is 0.0961. The molecule has 2 atom stereocenters. The zero-order valence-electron chi connectivity index (χ0n) is 23.2. The Hall–Kier alpha value is -4.90. The summed E-state index contributed by atoms with van der Waals surface area (Å²) in [6.45, 7) is 0.965. The molecule has 0 spiro atoms. The van der Waals surface area contributed by atoms with Gasteiger partial charge >= 0.3 is 12.1 Å². The van der Waals surface area contributed by atoms with Crippen molar-refractivity contribution in [3.8, 4) is 5.75 Å². The van der Waals surface area contributed by atoms with Crippen LogP contribution >= 0.6 is 11.8 Å². The number of aromatic hydroxyl groups is 1. The fraction of sp³-hybridized carbons (Fsp3) is 0.286. The van der Waals surface area contributed by atoms with E-state index in [-0.39, 0.29) is 35.2 Å². The molecule has 0 bridgehead atoms. The molecule has 45 heavy (non-hydrogen) atoms. The molecule has 0 saturated carbocycles. The van der Waals surface area contributed by atoms with Crippen molar-refractivity contribution < 1.29 is 57.0 Å². The van der Waals surface area contributed by atoms with Crippen LogP contribution in [0.1, 0.15) is 12.0 Å². The lowest BCUT2D eigenvalue weighted by atomic mass is 10.0. The lowest BCUT2D eigenvalue weighted by Crippen LogP contribution is -2.68. The number of anilines is 1. The Morgan fingerprint density at radius 1 is 1.13 bits per heavy atom. The number of carboxylic acid groups (broad SMARTS) is 2. The number of aromatic nitrogens is 1. The number of halogens is 3. The molecular formula is C28H26F3N5O8S. The van der Waals surface area contributed by atoms with Crippen LogP contribution in [0.2, 0.25) is 0 Å². The number of hydrogen-bond acceptors (Lipinski definition) is 9. The van der Waals surface area contributed by atoms with Gasteiger partial charge in [-0.15, -0.1) is 11.8 Å². The van der Waals surface area contributed by atoms with Gasteiger partial charge in [-0.1, -0.05) is 0 Å². The first-order valence-electron chi connectivity index (χ1n) is 13.2. The van der Waals surface area contributed by atoms with Gasteiger partial charge in [-0.25, -0.2) is 4.79 Å². The van der Waals surface area contributed by atoms with E-state index >= 15 is 0 Å². The largest absolute Gasteiger partial charge is 0.542 e. The third kappa shape index (κ3) is 7.79. The number of phenols is 1. The molecule has 3 aliphatic rings. The second-order valence-corrected chi connectivity index (χ2v) is 11.1. The number of nitrogens with one attached hydrogen (secondary N) is 1. The Morgan fingerprint density at radius 2 is 1.76 bits per heavy atom. The monoisotopic (exact) mass is 649 g/mol. The van der Waals surface area contributed by atoms with E-state index in [0.717, 1.165) is 5.56 Å². The SMILES string of the molecule is N[C@@H]1C(=O)N2C(C(=O)O)=C(/C=C3\CCN(Cc4cc[n+](CC(=O)Nc5ccc(O)cc5)cc4)C3=O)CS[C@H]12.O=C([O-])C(F)(F)F. The number of carbonyl (C=O) groups excluding carboxylic acids is 4. The Morgan fingerprint density at radius 3 is 2.33 bits per heavy atom. The van der Waals surface area contributed by atoms with Crippen molar-refractivity contribution >= 4 is 47.1 Å². The highest BCUT2D eigenvalue weighted by Crippen LogP contribution is 2.40. The standard InChI is InChI=1S/C26H25N5O6S.C2HF3O2/c27-21-24(35)31-22(26(36)37)17(14-38-25(21)31)11-16-7-10-30(23(16)34)12-15-5-8-29(9-6-15)13-20(33)28-18-1-3-19(32)4-2-18;3-2(4,5)1(6)7/h1-6,8-9,11,21,25H,7,10,12-14,27H2,(H2-,28,32,33,36,37);(H,6,7)/b16-11+;/t21-,25-;/m1./s1. The summed E-state index contributed by atoms with van der Waals surface area (Å²) in [6, 6.07) is 9.18. The second-order valence-electron chi connectivity index (χ2n) is 10.0. The molecular weight excluding hydrogens is 623 g/mol. The molecule has 0 unspecified atom stereocenters. The normalized spacial score (nSPS) is 20.3. The zero-order chi connectivity index (χ0) is 33.1. The number of benzene rings is 1. The van der Waals surface area contributed by atoms with Crippen molar-refractivity contribution in [1.29, 1.82) is 0 Å².